The Balaban J connectivity index is 2.12. The Morgan fingerprint density at radius 3 is 2.41 bits per heavy atom. The van der Waals surface area contributed by atoms with Gasteiger partial charge in [0.15, 0.2) is 0 Å². The minimum Gasteiger partial charge on any atom is -0.492 e. The zero-order chi connectivity index (χ0) is 21.6. The summed E-state index contributed by atoms with van der Waals surface area (Å²) < 4.78 is 33.3. The summed E-state index contributed by atoms with van der Waals surface area (Å²) in [6, 6.07) is 11.6. The van der Waals surface area contributed by atoms with Crippen molar-refractivity contribution in [3.8, 4) is 5.75 Å². The number of nitrogens with one attached hydrogen (secondary N) is 1. The van der Waals surface area contributed by atoms with Crippen LogP contribution in [-0.4, -0.2) is 38.3 Å². The van der Waals surface area contributed by atoms with Gasteiger partial charge in [-0.25, -0.2) is 8.42 Å². The van der Waals surface area contributed by atoms with Crippen LogP contribution in [0.25, 0.3) is 0 Å². The Bertz CT molecular complexity index is 951. The summed E-state index contributed by atoms with van der Waals surface area (Å²) in [6.07, 6.45) is 0. The highest BCUT2D eigenvalue weighted by atomic mass is 79.9. The van der Waals surface area contributed by atoms with E-state index in [1.807, 2.05) is 38.1 Å². The second-order valence-electron chi connectivity index (χ2n) is 6.30. The van der Waals surface area contributed by atoms with Crippen molar-refractivity contribution < 1.29 is 17.9 Å². The Labute approximate surface area is 185 Å². The molecule has 0 spiro atoms. The van der Waals surface area contributed by atoms with Gasteiger partial charge < -0.3 is 10.1 Å². The van der Waals surface area contributed by atoms with E-state index in [2.05, 4.69) is 21.2 Å². The van der Waals surface area contributed by atoms with Gasteiger partial charge in [-0.05, 0) is 49.7 Å². The smallest absolute Gasteiger partial charge is 0.243 e. The minimum absolute atomic E-state index is 0.0153. The second-order valence-corrected chi connectivity index (χ2v) is 9.56. The molecule has 0 aliphatic heterocycles. The van der Waals surface area contributed by atoms with Crippen molar-refractivity contribution in [3.63, 3.8) is 0 Å². The van der Waals surface area contributed by atoms with Gasteiger partial charge in [-0.1, -0.05) is 46.6 Å². The van der Waals surface area contributed by atoms with Crippen LogP contribution in [0.15, 0.2) is 51.8 Å². The van der Waals surface area contributed by atoms with E-state index in [9.17, 15) is 13.2 Å². The predicted molar refractivity (Wildman–Crippen MR) is 118 cm³/mol. The second kappa shape index (κ2) is 10.4. The number of amides is 1. The van der Waals surface area contributed by atoms with Gasteiger partial charge in [-0.2, -0.15) is 4.31 Å². The van der Waals surface area contributed by atoms with Crippen molar-refractivity contribution in [2.24, 2.45) is 0 Å². The first-order valence-electron chi connectivity index (χ1n) is 9.16. The molecule has 0 saturated carbocycles. The van der Waals surface area contributed by atoms with Crippen molar-refractivity contribution in [1.29, 1.82) is 0 Å². The first kappa shape index (κ1) is 23.7. The molecule has 0 aliphatic rings. The maximum Gasteiger partial charge on any atom is 0.243 e. The monoisotopic (exact) mass is 502 g/mol. The number of sulfonamides is 1. The molecule has 0 fully saturated rings. The maximum absolute atomic E-state index is 13.0. The Morgan fingerprint density at radius 1 is 1.21 bits per heavy atom. The summed E-state index contributed by atoms with van der Waals surface area (Å²) in [5.41, 5.74) is 0.922. The molecule has 2 rings (SSSR count). The average Bonchev–Trinajstić information content (AvgIpc) is 2.68. The van der Waals surface area contributed by atoms with Gasteiger partial charge in [0.2, 0.25) is 15.9 Å². The SMILES string of the molecule is CCOc1ccc(S(=O)(=O)N(CC)CC(=O)NC(C)c2ccc(Br)cc2)cc1Cl. The van der Waals surface area contributed by atoms with Crippen LogP contribution in [0.1, 0.15) is 32.4 Å². The number of halogens is 2. The predicted octanol–water partition coefficient (Wildman–Crippen LogP) is 4.39. The van der Waals surface area contributed by atoms with Crippen LogP contribution in [-0.2, 0) is 14.8 Å². The molecule has 2 aromatic carbocycles. The van der Waals surface area contributed by atoms with E-state index in [1.54, 1.807) is 6.92 Å². The third kappa shape index (κ3) is 6.18. The average molecular weight is 504 g/mol. The zero-order valence-corrected chi connectivity index (χ0v) is 19.6. The van der Waals surface area contributed by atoms with Crippen molar-refractivity contribution >= 4 is 43.5 Å². The van der Waals surface area contributed by atoms with Crippen molar-refractivity contribution in [2.45, 2.75) is 31.7 Å². The van der Waals surface area contributed by atoms with E-state index in [4.69, 9.17) is 16.3 Å². The quantitative estimate of drug-likeness (QED) is 0.551. The third-order valence-electron chi connectivity index (χ3n) is 4.26. The molecule has 1 amide bonds. The Morgan fingerprint density at radius 2 is 1.86 bits per heavy atom. The van der Waals surface area contributed by atoms with E-state index in [1.165, 1.54) is 18.2 Å². The third-order valence-corrected chi connectivity index (χ3v) is 7.00. The molecule has 0 radical (unpaired) electrons. The number of nitrogens with zero attached hydrogens (tertiary/aromatic N) is 1. The highest BCUT2D eigenvalue weighted by molar-refractivity contribution is 9.10. The molecule has 0 bridgehead atoms. The summed E-state index contributed by atoms with van der Waals surface area (Å²) in [5.74, 6) is 0.0279. The molecule has 0 aliphatic carbocycles. The topological polar surface area (TPSA) is 75.7 Å². The molecule has 9 heteroatoms. The van der Waals surface area contributed by atoms with Crippen molar-refractivity contribution in [2.75, 3.05) is 19.7 Å². The van der Waals surface area contributed by atoms with E-state index < -0.39 is 10.0 Å². The standard InChI is InChI=1S/C20H24BrClN2O4S/c1-4-24(13-20(25)23-14(3)15-6-8-16(21)9-7-15)29(26,27)17-10-11-19(28-5-2)18(22)12-17/h6-12,14H,4-5,13H2,1-3H3,(H,23,25). The fraction of sp³-hybridized carbons (Fsp3) is 0.350. The van der Waals surface area contributed by atoms with Crippen LogP contribution in [0.2, 0.25) is 5.02 Å². The molecule has 0 saturated heterocycles. The fourth-order valence-corrected chi connectivity index (χ4v) is 4.71. The molecule has 1 atom stereocenters. The lowest BCUT2D eigenvalue weighted by molar-refractivity contribution is -0.121. The maximum atomic E-state index is 13.0. The Hall–Kier alpha value is -1.61. The summed E-state index contributed by atoms with van der Waals surface area (Å²) >= 11 is 9.50. The molecule has 158 valence electrons. The molecule has 29 heavy (non-hydrogen) atoms. The number of benzene rings is 2. The van der Waals surface area contributed by atoms with E-state index in [-0.39, 0.29) is 35.0 Å². The van der Waals surface area contributed by atoms with E-state index in [0.29, 0.717) is 12.4 Å². The molecular weight excluding hydrogens is 480 g/mol. The van der Waals surface area contributed by atoms with Crippen LogP contribution < -0.4 is 10.1 Å². The number of carbonyl (C=O) groups excluding carboxylic acids is 1. The van der Waals surface area contributed by atoms with Crippen LogP contribution in [0, 0.1) is 0 Å². The van der Waals surface area contributed by atoms with Gasteiger partial charge in [-0.15, -0.1) is 0 Å². The first-order valence-corrected chi connectivity index (χ1v) is 11.8. The summed E-state index contributed by atoms with van der Waals surface area (Å²) in [4.78, 5) is 12.5. The van der Waals surface area contributed by atoms with Gasteiger partial charge in [0.1, 0.15) is 5.75 Å². The lowest BCUT2D eigenvalue weighted by atomic mass is 10.1. The number of hydrogen-bond acceptors (Lipinski definition) is 4. The molecule has 0 heterocycles. The highest BCUT2D eigenvalue weighted by Gasteiger charge is 2.26. The lowest BCUT2D eigenvalue weighted by Gasteiger charge is -2.22. The summed E-state index contributed by atoms with van der Waals surface area (Å²) in [7, 11) is -3.88. The number of ether oxygens (including phenoxy) is 1. The van der Waals surface area contributed by atoms with Gasteiger partial charge in [0.05, 0.1) is 29.1 Å². The van der Waals surface area contributed by atoms with Crippen LogP contribution in [0.4, 0.5) is 0 Å². The van der Waals surface area contributed by atoms with E-state index in [0.717, 1.165) is 14.3 Å². The molecule has 2 aromatic rings. The molecular formula is C20H24BrClN2O4S. The van der Waals surface area contributed by atoms with E-state index >= 15 is 0 Å². The Kier molecular flexibility index (Phi) is 8.51. The molecule has 1 N–H and O–H groups in total. The zero-order valence-electron chi connectivity index (χ0n) is 16.5. The van der Waals surface area contributed by atoms with Crippen LogP contribution in [0.5, 0.6) is 5.75 Å². The van der Waals surface area contributed by atoms with Gasteiger partial charge in [0.25, 0.3) is 0 Å². The number of rotatable bonds is 9. The molecule has 6 nitrogen and oxygen atoms in total. The van der Waals surface area contributed by atoms with Gasteiger partial charge in [-0.3, -0.25) is 4.79 Å². The number of carbonyl (C=O) groups is 1. The first-order chi connectivity index (χ1) is 13.7. The van der Waals surface area contributed by atoms with Crippen molar-refractivity contribution in [3.05, 3.63) is 57.5 Å². The highest BCUT2D eigenvalue weighted by Crippen LogP contribution is 2.28. The minimum atomic E-state index is -3.88. The lowest BCUT2D eigenvalue weighted by Crippen LogP contribution is -2.41. The van der Waals surface area contributed by atoms with Crippen molar-refractivity contribution in [1.82, 2.24) is 9.62 Å². The van der Waals surface area contributed by atoms with Gasteiger partial charge in [0, 0.05) is 11.0 Å². The molecule has 0 aromatic heterocycles. The normalized spacial score (nSPS) is 12.6. The number of hydrogen-bond donors (Lipinski definition) is 1. The fourth-order valence-electron chi connectivity index (χ4n) is 2.71. The van der Waals surface area contributed by atoms with Crippen LogP contribution >= 0.6 is 27.5 Å². The largest absolute Gasteiger partial charge is 0.492 e. The van der Waals surface area contributed by atoms with Crippen LogP contribution in [0.3, 0.4) is 0 Å². The molecule has 1 unspecified atom stereocenters. The van der Waals surface area contributed by atoms with Gasteiger partial charge >= 0.3 is 0 Å². The number of likely N-dealkylation sites (N-methyl/N-ethyl adjacent to an activating group) is 1. The summed E-state index contributed by atoms with van der Waals surface area (Å²) in [6.45, 7) is 5.62. The summed E-state index contributed by atoms with van der Waals surface area (Å²) in [5, 5.41) is 3.04.